The van der Waals surface area contributed by atoms with E-state index in [2.05, 4.69) is 20.7 Å². The Balaban J connectivity index is 2.15. The summed E-state index contributed by atoms with van der Waals surface area (Å²) in [6.07, 6.45) is 4.79. The smallest absolute Gasteiger partial charge is 0.275 e. The molecule has 2 rings (SSSR count). The molecule has 98 valence electrons. The first-order valence-corrected chi connectivity index (χ1v) is 6.69. The van der Waals surface area contributed by atoms with E-state index in [0.717, 1.165) is 4.90 Å². The molecule has 0 aliphatic carbocycles. The van der Waals surface area contributed by atoms with Gasteiger partial charge in [0.15, 0.2) is 5.82 Å². The average Bonchev–Trinajstić information content (AvgIpc) is 2.47. The number of hydrogen-bond acceptors (Lipinski definition) is 6. The second-order valence-electron chi connectivity index (χ2n) is 3.62. The van der Waals surface area contributed by atoms with Crippen LogP contribution in [0.25, 0.3) is 0 Å². The summed E-state index contributed by atoms with van der Waals surface area (Å²) in [7, 11) is 0. The van der Waals surface area contributed by atoms with Gasteiger partial charge in [0.1, 0.15) is 5.69 Å². The van der Waals surface area contributed by atoms with Crippen LogP contribution < -0.4 is 16.6 Å². The van der Waals surface area contributed by atoms with Gasteiger partial charge in [-0.15, -0.1) is 11.8 Å². The maximum atomic E-state index is 12.0. The van der Waals surface area contributed by atoms with Gasteiger partial charge < -0.3 is 10.7 Å². The van der Waals surface area contributed by atoms with E-state index in [1.54, 1.807) is 11.8 Å². The van der Waals surface area contributed by atoms with Gasteiger partial charge in [0.25, 0.3) is 5.91 Å². The zero-order chi connectivity index (χ0) is 13.7. The Bertz CT molecular complexity index is 590. The molecular formula is C12H13N5OS. The van der Waals surface area contributed by atoms with E-state index in [0.29, 0.717) is 11.5 Å². The van der Waals surface area contributed by atoms with E-state index in [1.165, 1.54) is 12.4 Å². The fourth-order valence-corrected chi connectivity index (χ4v) is 1.90. The number of nitrogen functional groups attached to an aromatic ring is 1. The molecule has 0 bridgehead atoms. The van der Waals surface area contributed by atoms with Crippen molar-refractivity contribution in [1.29, 1.82) is 0 Å². The van der Waals surface area contributed by atoms with Gasteiger partial charge in [0.05, 0.1) is 12.4 Å². The average molecular weight is 275 g/mol. The first-order valence-electron chi connectivity index (χ1n) is 5.47. The van der Waals surface area contributed by atoms with Crippen molar-refractivity contribution in [3.8, 4) is 0 Å². The van der Waals surface area contributed by atoms with Crippen LogP contribution in [0.1, 0.15) is 10.5 Å². The van der Waals surface area contributed by atoms with Crippen LogP contribution in [-0.2, 0) is 0 Å². The molecule has 0 saturated carbocycles. The van der Waals surface area contributed by atoms with Crippen molar-refractivity contribution in [2.24, 2.45) is 5.84 Å². The quantitative estimate of drug-likeness (QED) is 0.447. The normalized spacial score (nSPS) is 10.0. The lowest BCUT2D eigenvalue weighted by molar-refractivity contribution is 0.102. The highest BCUT2D eigenvalue weighted by Crippen LogP contribution is 2.19. The summed E-state index contributed by atoms with van der Waals surface area (Å²) in [5.41, 5.74) is 3.26. The molecule has 0 aliphatic rings. The second-order valence-corrected chi connectivity index (χ2v) is 4.50. The van der Waals surface area contributed by atoms with E-state index < -0.39 is 0 Å². The maximum absolute atomic E-state index is 12.0. The topological polar surface area (TPSA) is 92.9 Å². The highest BCUT2D eigenvalue weighted by atomic mass is 32.2. The summed E-state index contributed by atoms with van der Waals surface area (Å²) >= 11 is 1.61. The highest BCUT2D eigenvalue weighted by molar-refractivity contribution is 7.98. The predicted molar refractivity (Wildman–Crippen MR) is 76.0 cm³/mol. The molecule has 0 unspecified atom stereocenters. The minimum atomic E-state index is -0.331. The number of amides is 1. The Morgan fingerprint density at radius 3 is 2.95 bits per heavy atom. The standard InChI is InChI=1S/C12H13N5OS/c1-19-9-4-2-3-8(5-9)15-12(18)10-6-14-7-11(16-10)17-13/h2-7H,13H2,1H3,(H,15,18)(H,16,17). The van der Waals surface area contributed by atoms with Crippen molar-refractivity contribution >= 4 is 29.2 Å². The van der Waals surface area contributed by atoms with Crippen molar-refractivity contribution in [3.05, 3.63) is 42.4 Å². The number of aromatic nitrogens is 2. The Hall–Kier alpha value is -2.12. The fraction of sp³-hybridized carbons (Fsp3) is 0.0833. The number of carbonyl (C=O) groups is 1. The van der Waals surface area contributed by atoms with Crippen molar-refractivity contribution in [3.63, 3.8) is 0 Å². The Morgan fingerprint density at radius 1 is 1.37 bits per heavy atom. The summed E-state index contributed by atoms with van der Waals surface area (Å²) < 4.78 is 0. The van der Waals surface area contributed by atoms with Gasteiger partial charge in [-0.25, -0.2) is 10.8 Å². The first kappa shape index (κ1) is 13.3. The number of thioether (sulfide) groups is 1. The summed E-state index contributed by atoms with van der Waals surface area (Å²) in [6, 6.07) is 7.56. The number of nitrogens with two attached hydrogens (primary N) is 1. The summed E-state index contributed by atoms with van der Waals surface area (Å²) in [5.74, 6) is 5.23. The molecule has 4 N–H and O–H groups in total. The van der Waals surface area contributed by atoms with Gasteiger partial charge in [0.2, 0.25) is 0 Å². The molecule has 0 radical (unpaired) electrons. The molecule has 7 heteroatoms. The fourth-order valence-electron chi connectivity index (χ4n) is 1.44. The summed E-state index contributed by atoms with van der Waals surface area (Å²) in [4.78, 5) is 21.0. The molecule has 1 amide bonds. The molecule has 19 heavy (non-hydrogen) atoms. The van der Waals surface area contributed by atoms with Crippen molar-refractivity contribution in [1.82, 2.24) is 9.97 Å². The third kappa shape index (κ3) is 3.43. The van der Waals surface area contributed by atoms with Gasteiger partial charge in [-0.05, 0) is 24.5 Å². The minimum absolute atomic E-state index is 0.199. The van der Waals surface area contributed by atoms with Crippen molar-refractivity contribution < 1.29 is 4.79 Å². The number of nitrogens with zero attached hydrogens (tertiary/aromatic N) is 2. The monoisotopic (exact) mass is 275 g/mol. The molecule has 0 aliphatic heterocycles. The Labute approximate surface area is 114 Å². The van der Waals surface area contributed by atoms with Gasteiger partial charge in [-0.2, -0.15) is 0 Å². The van der Waals surface area contributed by atoms with E-state index in [4.69, 9.17) is 5.84 Å². The van der Waals surface area contributed by atoms with E-state index in [9.17, 15) is 4.79 Å². The number of rotatable bonds is 4. The molecule has 1 heterocycles. The van der Waals surface area contributed by atoms with Gasteiger partial charge in [-0.1, -0.05) is 6.07 Å². The van der Waals surface area contributed by atoms with E-state index in [1.807, 2.05) is 30.5 Å². The molecule has 1 aromatic carbocycles. The van der Waals surface area contributed by atoms with Gasteiger partial charge in [0, 0.05) is 10.6 Å². The van der Waals surface area contributed by atoms with Crippen LogP contribution in [0.2, 0.25) is 0 Å². The zero-order valence-electron chi connectivity index (χ0n) is 10.3. The minimum Gasteiger partial charge on any atom is -0.321 e. The molecule has 1 aromatic heterocycles. The van der Waals surface area contributed by atoms with Gasteiger partial charge >= 0.3 is 0 Å². The third-order valence-corrected chi connectivity index (χ3v) is 3.07. The molecule has 0 fully saturated rings. The Morgan fingerprint density at radius 2 is 2.21 bits per heavy atom. The lowest BCUT2D eigenvalue weighted by Gasteiger charge is -2.06. The summed E-state index contributed by atoms with van der Waals surface area (Å²) in [6.45, 7) is 0. The van der Waals surface area contributed by atoms with E-state index in [-0.39, 0.29) is 11.6 Å². The highest BCUT2D eigenvalue weighted by Gasteiger charge is 2.09. The number of nitrogens with one attached hydrogen (secondary N) is 2. The lowest BCUT2D eigenvalue weighted by Crippen LogP contribution is -2.16. The van der Waals surface area contributed by atoms with Crippen molar-refractivity contribution in [2.45, 2.75) is 4.90 Å². The number of hydrazine groups is 1. The Kier molecular flexibility index (Phi) is 4.32. The van der Waals surface area contributed by atoms with Crippen LogP contribution in [0.3, 0.4) is 0 Å². The number of benzene rings is 1. The summed E-state index contributed by atoms with van der Waals surface area (Å²) in [5, 5.41) is 2.76. The van der Waals surface area contributed by atoms with Crippen molar-refractivity contribution in [2.75, 3.05) is 17.0 Å². The molecular weight excluding hydrogens is 262 g/mol. The second kappa shape index (κ2) is 6.17. The van der Waals surface area contributed by atoms with Crippen LogP contribution in [0.4, 0.5) is 11.5 Å². The molecule has 2 aromatic rings. The van der Waals surface area contributed by atoms with Gasteiger partial charge in [-0.3, -0.25) is 9.78 Å². The maximum Gasteiger partial charge on any atom is 0.275 e. The largest absolute Gasteiger partial charge is 0.321 e. The van der Waals surface area contributed by atoms with Crippen LogP contribution in [0, 0.1) is 0 Å². The lowest BCUT2D eigenvalue weighted by atomic mass is 10.3. The predicted octanol–water partition coefficient (Wildman–Crippen LogP) is 1.74. The van der Waals surface area contributed by atoms with Crippen LogP contribution >= 0.6 is 11.8 Å². The third-order valence-electron chi connectivity index (χ3n) is 2.34. The first-order chi connectivity index (χ1) is 9.22. The molecule has 6 nitrogen and oxygen atoms in total. The molecule has 0 spiro atoms. The SMILES string of the molecule is CSc1cccc(NC(=O)c2cncc(NN)n2)c1. The number of anilines is 2. The molecule has 0 saturated heterocycles. The van der Waals surface area contributed by atoms with Crippen LogP contribution in [0.15, 0.2) is 41.6 Å². The molecule has 0 atom stereocenters. The number of carbonyl (C=O) groups excluding carboxylic acids is 1. The number of hydrogen-bond donors (Lipinski definition) is 3. The van der Waals surface area contributed by atoms with Crippen LogP contribution in [-0.4, -0.2) is 22.1 Å². The van der Waals surface area contributed by atoms with Crippen LogP contribution in [0.5, 0.6) is 0 Å². The van der Waals surface area contributed by atoms with E-state index >= 15 is 0 Å². The zero-order valence-corrected chi connectivity index (χ0v) is 11.1.